The lowest BCUT2D eigenvalue weighted by Crippen LogP contribution is -2.08. The fourth-order valence-electron chi connectivity index (χ4n) is 1.56. The SMILES string of the molecule is NCCn1cc(Cl)c2ccc(O)cc21. The van der Waals surface area contributed by atoms with Crippen LogP contribution in [-0.2, 0) is 6.54 Å². The molecular weight excluding hydrogens is 200 g/mol. The lowest BCUT2D eigenvalue weighted by atomic mass is 10.2. The molecular formula is C10H11ClN2O. The van der Waals surface area contributed by atoms with Gasteiger partial charge < -0.3 is 15.4 Å². The summed E-state index contributed by atoms with van der Waals surface area (Å²) in [6, 6.07) is 5.12. The van der Waals surface area contributed by atoms with Crippen LogP contribution in [0.4, 0.5) is 0 Å². The molecule has 74 valence electrons. The molecule has 3 nitrogen and oxygen atoms in total. The molecule has 0 fully saturated rings. The third kappa shape index (κ3) is 1.45. The zero-order chi connectivity index (χ0) is 10.1. The maximum absolute atomic E-state index is 9.34. The second kappa shape index (κ2) is 3.52. The number of hydrogen-bond donors (Lipinski definition) is 2. The molecule has 0 unspecified atom stereocenters. The Morgan fingerprint density at radius 1 is 1.43 bits per heavy atom. The number of nitrogens with two attached hydrogens (primary N) is 1. The van der Waals surface area contributed by atoms with Gasteiger partial charge in [-0.2, -0.15) is 0 Å². The van der Waals surface area contributed by atoms with E-state index < -0.39 is 0 Å². The van der Waals surface area contributed by atoms with Gasteiger partial charge in [-0.3, -0.25) is 0 Å². The van der Waals surface area contributed by atoms with Gasteiger partial charge in [0.15, 0.2) is 0 Å². The number of aromatic nitrogens is 1. The van der Waals surface area contributed by atoms with Crippen molar-refractivity contribution in [3.05, 3.63) is 29.4 Å². The molecule has 1 aromatic carbocycles. The highest BCUT2D eigenvalue weighted by Crippen LogP contribution is 2.28. The molecule has 0 spiro atoms. The van der Waals surface area contributed by atoms with Crippen LogP contribution in [0.3, 0.4) is 0 Å². The summed E-state index contributed by atoms with van der Waals surface area (Å²) in [6.45, 7) is 1.25. The van der Waals surface area contributed by atoms with Crippen molar-refractivity contribution in [3.63, 3.8) is 0 Å². The molecule has 1 aromatic heterocycles. The van der Waals surface area contributed by atoms with Crippen molar-refractivity contribution in [2.45, 2.75) is 6.54 Å². The van der Waals surface area contributed by atoms with Gasteiger partial charge >= 0.3 is 0 Å². The second-order valence-electron chi connectivity index (χ2n) is 3.16. The van der Waals surface area contributed by atoms with Crippen molar-refractivity contribution >= 4 is 22.5 Å². The van der Waals surface area contributed by atoms with E-state index in [-0.39, 0.29) is 5.75 Å². The number of halogens is 1. The van der Waals surface area contributed by atoms with Crippen molar-refractivity contribution in [2.75, 3.05) is 6.54 Å². The molecule has 3 N–H and O–H groups in total. The first kappa shape index (κ1) is 9.37. The maximum Gasteiger partial charge on any atom is 0.117 e. The van der Waals surface area contributed by atoms with E-state index >= 15 is 0 Å². The van der Waals surface area contributed by atoms with Crippen molar-refractivity contribution in [1.82, 2.24) is 4.57 Å². The Labute approximate surface area is 86.7 Å². The van der Waals surface area contributed by atoms with Crippen molar-refractivity contribution < 1.29 is 5.11 Å². The summed E-state index contributed by atoms with van der Waals surface area (Å²) < 4.78 is 1.94. The van der Waals surface area contributed by atoms with Crippen LogP contribution in [0.25, 0.3) is 10.9 Å². The van der Waals surface area contributed by atoms with Crippen LogP contribution in [0.15, 0.2) is 24.4 Å². The van der Waals surface area contributed by atoms with E-state index in [1.165, 1.54) is 0 Å². The zero-order valence-electron chi connectivity index (χ0n) is 7.57. The van der Waals surface area contributed by atoms with Gasteiger partial charge in [0.25, 0.3) is 0 Å². The van der Waals surface area contributed by atoms with Gasteiger partial charge in [-0.1, -0.05) is 11.6 Å². The van der Waals surface area contributed by atoms with E-state index in [4.69, 9.17) is 17.3 Å². The summed E-state index contributed by atoms with van der Waals surface area (Å²) in [4.78, 5) is 0. The van der Waals surface area contributed by atoms with Crippen LogP contribution in [0.5, 0.6) is 5.75 Å². The van der Waals surface area contributed by atoms with E-state index in [1.807, 2.05) is 10.8 Å². The highest BCUT2D eigenvalue weighted by atomic mass is 35.5. The quantitative estimate of drug-likeness (QED) is 0.796. The highest BCUT2D eigenvalue weighted by molar-refractivity contribution is 6.35. The maximum atomic E-state index is 9.34. The van der Waals surface area contributed by atoms with E-state index in [1.54, 1.807) is 18.2 Å². The molecule has 1 heterocycles. The molecule has 0 aliphatic carbocycles. The van der Waals surface area contributed by atoms with Crippen LogP contribution in [0, 0.1) is 0 Å². The van der Waals surface area contributed by atoms with Crippen LogP contribution in [-0.4, -0.2) is 16.2 Å². The Morgan fingerprint density at radius 2 is 2.21 bits per heavy atom. The van der Waals surface area contributed by atoms with Crippen LogP contribution in [0.1, 0.15) is 0 Å². The van der Waals surface area contributed by atoms with Gasteiger partial charge in [-0.15, -0.1) is 0 Å². The molecule has 0 amide bonds. The van der Waals surface area contributed by atoms with Gasteiger partial charge in [0.1, 0.15) is 5.75 Å². The smallest absolute Gasteiger partial charge is 0.117 e. The molecule has 0 saturated heterocycles. The topological polar surface area (TPSA) is 51.2 Å². The summed E-state index contributed by atoms with van der Waals surface area (Å²) in [5.74, 6) is 0.241. The first-order valence-corrected chi connectivity index (χ1v) is 4.77. The standard InChI is InChI=1S/C10H11ClN2O/c11-9-6-13(4-3-12)10-5-7(14)1-2-8(9)10/h1-2,5-6,14H,3-4,12H2. The Bertz CT molecular complexity index is 464. The van der Waals surface area contributed by atoms with Gasteiger partial charge in [-0.25, -0.2) is 0 Å². The summed E-state index contributed by atoms with van der Waals surface area (Å²) in [7, 11) is 0. The van der Waals surface area contributed by atoms with Crippen LogP contribution < -0.4 is 5.73 Å². The number of rotatable bonds is 2. The molecule has 0 bridgehead atoms. The van der Waals surface area contributed by atoms with Crippen LogP contribution >= 0.6 is 11.6 Å². The van der Waals surface area contributed by atoms with Crippen molar-refractivity contribution in [3.8, 4) is 5.75 Å². The van der Waals surface area contributed by atoms with Crippen LogP contribution in [0.2, 0.25) is 5.02 Å². The lowest BCUT2D eigenvalue weighted by Gasteiger charge is -2.02. The number of hydrogen-bond acceptors (Lipinski definition) is 2. The zero-order valence-corrected chi connectivity index (χ0v) is 8.33. The molecule has 4 heteroatoms. The minimum atomic E-state index is 0.241. The summed E-state index contributed by atoms with van der Waals surface area (Å²) >= 11 is 6.02. The first-order valence-electron chi connectivity index (χ1n) is 4.40. The predicted molar refractivity (Wildman–Crippen MR) is 57.7 cm³/mol. The second-order valence-corrected chi connectivity index (χ2v) is 3.57. The number of phenols is 1. The lowest BCUT2D eigenvalue weighted by molar-refractivity contribution is 0.476. The largest absolute Gasteiger partial charge is 0.508 e. The monoisotopic (exact) mass is 210 g/mol. The first-order chi connectivity index (χ1) is 6.72. The summed E-state index contributed by atoms with van der Waals surface area (Å²) in [5, 5.41) is 11.0. The Morgan fingerprint density at radius 3 is 2.93 bits per heavy atom. The van der Waals surface area contributed by atoms with E-state index in [9.17, 15) is 5.11 Å². The van der Waals surface area contributed by atoms with Gasteiger partial charge in [0, 0.05) is 30.7 Å². The highest BCUT2D eigenvalue weighted by Gasteiger charge is 2.06. The predicted octanol–water partition coefficient (Wildman–Crippen LogP) is 1.96. The summed E-state index contributed by atoms with van der Waals surface area (Å²) in [6.07, 6.45) is 1.83. The number of phenolic OH excluding ortho intramolecular Hbond substituents is 1. The minimum absolute atomic E-state index is 0.241. The number of nitrogens with zero attached hydrogens (tertiary/aromatic N) is 1. The number of fused-ring (bicyclic) bond motifs is 1. The fraction of sp³-hybridized carbons (Fsp3) is 0.200. The Hall–Kier alpha value is -1.19. The summed E-state index contributed by atoms with van der Waals surface area (Å²) in [5.41, 5.74) is 6.39. The normalized spacial score (nSPS) is 11.0. The van der Waals surface area contributed by atoms with E-state index in [0.29, 0.717) is 18.1 Å². The van der Waals surface area contributed by atoms with Crippen molar-refractivity contribution in [1.29, 1.82) is 0 Å². The molecule has 14 heavy (non-hydrogen) atoms. The molecule has 2 aromatic rings. The molecule has 0 radical (unpaired) electrons. The molecule has 0 atom stereocenters. The average Bonchev–Trinajstić information content (AvgIpc) is 2.44. The van der Waals surface area contributed by atoms with E-state index in [2.05, 4.69) is 0 Å². The Kier molecular flexibility index (Phi) is 2.35. The van der Waals surface area contributed by atoms with Gasteiger partial charge in [0.2, 0.25) is 0 Å². The number of benzene rings is 1. The van der Waals surface area contributed by atoms with Gasteiger partial charge in [0.05, 0.1) is 10.5 Å². The van der Waals surface area contributed by atoms with Crippen molar-refractivity contribution in [2.24, 2.45) is 5.73 Å². The molecule has 0 aliphatic heterocycles. The third-order valence-corrected chi connectivity index (χ3v) is 2.49. The molecule has 0 aliphatic rings. The third-order valence-electron chi connectivity index (χ3n) is 2.19. The van der Waals surface area contributed by atoms with E-state index in [0.717, 1.165) is 10.9 Å². The molecule has 0 saturated carbocycles. The molecule has 2 rings (SSSR count). The number of aromatic hydroxyl groups is 1. The fourth-order valence-corrected chi connectivity index (χ4v) is 1.84. The van der Waals surface area contributed by atoms with Gasteiger partial charge in [-0.05, 0) is 12.1 Å². The average molecular weight is 211 g/mol. The minimum Gasteiger partial charge on any atom is -0.508 e. The Balaban J connectivity index is 2.66.